The van der Waals surface area contributed by atoms with Crippen LogP contribution in [0, 0.1) is 5.92 Å². The number of hydrogen-bond acceptors (Lipinski definition) is 4. The van der Waals surface area contributed by atoms with Crippen molar-refractivity contribution in [2.45, 2.75) is 44.3 Å². The second-order valence-corrected chi connectivity index (χ2v) is 9.05. The smallest absolute Gasteiger partial charge is 0.255 e. The Kier molecular flexibility index (Phi) is 5.21. The predicted octanol–water partition coefficient (Wildman–Crippen LogP) is 2.98. The molecule has 0 radical (unpaired) electrons. The third-order valence-corrected chi connectivity index (χ3v) is 6.61. The van der Waals surface area contributed by atoms with Crippen LogP contribution in [0.3, 0.4) is 0 Å². The van der Waals surface area contributed by atoms with Crippen molar-refractivity contribution < 1.29 is 19.2 Å². The van der Waals surface area contributed by atoms with Crippen LogP contribution in [0.5, 0.6) is 0 Å². The molecule has 0 spiro atoms. The minimum Gasteiger partial charge on any atom is -0.345 e. The number of carbonyl (C=O) groups is 4. The van der Waals surface area contributed by atoms with E-state index in [1.807, 2.05) is 24.3 Å². The highest BCUT2D eigenvalue weighted by Gasteiger charge is 2.39. The van der Waals surface area contributed by atoms with Gasteiger partial charge in [0.2, 0.25) is 11.8 Å². The summed E-state index contributed by atoms with van der Waals surface area (Å²) in [6.45, 7) is 0.238. The molecule has 1 unspecified atom stereocenters. The van der Waals surface area contributed by atoms with E-state index in [0.29, 0.717) is 34.1 Å². The third kappa shape index (κ3) is 3.88. The van der Waals surface area contributed by atoms with Crippen LogP contribution < -0.4 is 10.6 Å². The molecule has 7 nitrogen and oxygen atoms in total. The van der Waals surface area contributed by atoms with Crippen molar-refractivity contribution in [3.05, 3.63) is 69.7 Å². The number of amides is 4. The molecule has 2 heterocycles. The highest BCUT2D eigenvalue weighted by atomic mass is 35.5. The van der Waals surface area contributed by atoms with Gasteiger partial charge in [0.05, 0.1) is 6.04 Å². The lowest BCUT2D eigenvalue weighted by molar-refractivity contribution is -0.136. The fourth-order valence-electron chi connectivity index (χ4n) is 4.54. The second kappa shape index (κ2) is 8.06. The zero-order valence-corrected chi connectivity index (χ0v) is 18.0. The van der Waals surface area contributed by atoms with Crippen LogP contribution in [-0.4, -0.2) is 34.6 Å². The van der Waals surface area contributed by atoms with Crippen LogP contribution in [0.4, 0.5) is 0 Å². The average molecular weight is 452 g/mol. The zero-order valence-electron chi connectivity index (χ0n) is 17.3. The van der Waals surface area contributed by atoms with Crippen LogP contribution in [-0.2, 0) is 16.1 Å². The first-order valence-corrected chi connectivity index (χ1v) is 11.1. The quantitative estimate of drug-likeness (QED) is 0.683. The van der Waals surface area contributed by atoms with Crippen LogP contribution in [0.25, 0.3) is 0 Å². The molecule has 2 N–H and O–H groups in total. The van der Waals surface area contributed by atoms with Gasteiger partial charge in [0, 0.05) is 29.1 Å². The summed E-state index contributed by atoms with van der Waals surface area (Å²) in [6.07, 6.45) is 2.62. The molecule has 2 atom stereocenters. The normalized spacial score (nSPS) is 21.2. The molecule has 3 aliphatic rings. The van der Waals surface area contributed by atoms with Crippen LogP contribution in [0.1, 0.15) is 63.6 Å². The van der Waals surface area contributed by atoms with E-state index in [1.54, 1.807) is 18.2 Å². The van der Waals surface area contributed by atoms with Gasteiger partial charge in [-0.1, -0.05) is 23.7 Å². The summed E-state index contributed by atoms with van der Waals surface area (Å²) in [7, 11) is 0. The number of fused-ring (bicyclic) bond motifs is 1. The molecule has 0 bridgehead atoms. The number of nitrogens with one attached hydrogen (secondary N) is 2. The molecule has 0 aromatic heterocycles. The molecule has 164 valence electrons. The molecule has 2 aromatic carbocycles. The van der Waals surface area contributed by atoms with Gasteiger partial charge in [0.15, 0.2) is 0 Å². The molecule has 1 aliphatic carbocycles. The van der Waals surface area contributed by atoms with Crippen molar-refractivity contribution in [1.82, 2.24) is 15.5 Å². The lowest BCUT2D eigenvalue weighted by atomic mass is 10.0. The van der Waals surface area contributed by atoms with Crippen molar-refractivity contribution in [2.75, 3.05) is 0 Å². The Labute approximate surface area is 190 Å². The summed E-state index contributed by atoms with van der Waals surface area (Å²) in [5.41, 5.74) is 2.64. The van der Waals surface area contributed by atoms with Crippen LogP contribution >= 0.6 is 11.6 Å². The van der Waals surface area contributed by atoms with Gasteiger partial charge >= 0.3 is 0 Å². The maximum absolute atomic E-state index is 13.1. The van der Waals surface area contributed by atoms with E-state index < -0.39 is 11.9 Å². The molecular weight excluding hydrogens is 430 g/mol. The standard InChI is InChI=1S/C24H22ClN3O4/c25-17-3-1-2-14(11-17)21(13-4-5-13)27-22(30)15-6-7-18-16(10-15)12-28(24(18)32)19-8-9-20(29)26-23(19)31/h1-3,6-7,10-11,13,19,21H,4-5,8-9,12H2,(H,27,30)(H,26,29,31)/t19?,21-/m1/s1. The summed E-state index contributed by atoms with van der Waals surface area (Å²) in [5, 5.41) is 6.06. The zero-order chi connectivity index (χ0) is 22.4. The van der Waals surface area contributed by atoms with Gasteiger partial charge in [-0.15, -0.1) is 0 Å². The van der Waals surface area contributed by atoms with E-state index in [4.69, 9.17) is 11.6 Å². The Morgan fingerprint density at radius 1 is 1.09 bits per heavy atom. The Morgan fingerprint density at radius 2 is 1.91 bits per heavy atom. The molecule has 4 amide bonds. The Morgan fingerprint density at radius 3 is 2.62 bits per heavy atom. The maximum Gasteiger partial charge on any atom is 0.255 e. The van der Waals surface area contributed by atoms with Crippen molar-refractivity contribution in [3.63, 3.8) is 0 Å². The highest BCUT2D eigenvalue weighted by molar-refractivity contribution is 6.30. The predicted molar refractivity (Wildman–Crippen MR) is 117 cm³/mol. The molecular formula is C24H22ClN3O4. The molecule has 1 saturated heterocycles. The van der Waals surface area contributed by atoms with Crippen LogP contribution in [0.2, 0.25) is 5.02 Å². The minimum absolute atomic E-state index is 0.115. The fourth-order valence-corrected chi connectivity index (χ4v) is 4.74. The van der Waals surface area contributed by atoms with E-state index >= 15 is 0 Å². The lowest BCUT2D eigenvalue weighted by Gasteiger charge is -2.29. The first-order chi connectivity index (χ1) is 15.4. The molecule has 8 heteroatoms. The average Bonchev–Trinajstić information content (AvgIpc) is 3.56. The van der Waals surface area contributed by atoms with Gasteiger partial charge in [-0.3, -0.25) is 24.5 Å². The number of halogens is 1. The summed E-state index contributed by atoms with van der Waals surface area (Å²) in [4.78, 5) is 51.0. The molecule has 5 rings (SSSR count). The Balaban J connectivity index is 1.34. The van der Waals surface area contributed by atoms with Gasteiger partial charge < -0.3 is 10.2 Å². The number of rotatable bonds is 5. The summed E-state index contributed by atoms with van der Waals surface area (Å²) >= 11 is 6.14. The largest absolute Gasteiger partial charge is 0.345 e. The first-order valence-electron chi connectivity index (χ1n) is 10.7. The maximum atomic E-state index is 13.1. The molecule has 1 saturated carbocycles. The first kappa shape index (κ1) is 20.7. The van der Waals surface area contributed by atoms with Gasteiger partial charge in [-0.25, -0.2) is 0 Å². The second-order valence-electron chi connectivity index (χ2n) is 8.62. The molecule has 2 fully saturated rings. The van der Waals surface area contributed by atoms with E-state index in [1.165, 1.54) is 4.90 Å². The Hall–Kier alpha value is -3.19. The van der Waals surface area contributed by atoms with E-state index in [-0.39, 0.29) is 36.7 Å². The third-order valence-electron chi connectivity index (χ3n) is 6.37. The van der Waals surface area contributed by atoms with Crippen molar-refractivity contribution >= 4 is 35.2 Å². The van der Waals surface area contributed by atoms with Gasteiger partial charge in [0.1, 0.15) is 6.04 Å². The SMILES string of the molecule is O=C1CCC(N2Cc3cc(C(=O)N[C@@H](c4cccc(Cl)c4)C4CC4)ccc3C2=O)C(=O)N1. The molecule has 2 aliphatic heterocycles. The number of hydrogen-bond donors (Lipinski definition) is 2. The van der Waals surface area contributed by atoms with E-state index in [0.717, 1.165) is 18.4 Å². The lowest BCUT2D eigenvalue weighted by Crippen LogP contribution is -2.52. The number of nitrogens with zero attached hydrogens (tertiary/aromatic N) is 1. The van der Waals surface area contributed by atoms with Gasteiger partial charge in [-0.2, -0.15) is 0 Å². The summed E-state index contributed by atoms with van der Waals surface area (Å²) in [5.74, 6) is -0.849. The van der Waals surface area contributed by atoms with Crippen LogP contribution in [0.15, 0.2) is 42.5 Å². The van der Waals surface area contributed by atoms with E-state index in [9.17, 15) is 19.2 Å². The van der Waals surface area contributed by atoms with Gasteiger partial charge in [-0.05, 0) is 66.6 Å². The highest BCUT2D eigenvalue weighted by Crippen LogP contribution is 2.41. The molecule has 2 aromatic rings. The topological polar surface area (TPSA) is 95.6 Å². The minimum atomic E-state index is -0.674. The Bertz CT molecular complexity index is 1140. The number of benzene rings is 2. The number of piperidine rings is 1. The van der Waals surface area contributed by atoms with Gasteiger partial charge in [0.25, 0.3) is 11.8 Å². The summed E-state index contributed by atoms with van der Waals surface area (Å²) < 4.78 is 0. The van der Waals surface area contributed by atoms with Crippen molar-refractivity contribution in [2.24, 2.45) is 5.92 Å². The monoisotopic (exact) mass is 451 g/mol. The van der Waals surface area contributed by atoms with Crippen molar-refractivity contribution in [1.29, 1.82) is 0 Å². The number of imide groups is 1. The summed E-state index contributed by atoms with van der Waals surface area (Å²) in [6, 6.07) is 11.7. The molecule has 32 heavy (non-hydrogen) atoms. The van der Waals surface area contributed by atoms with E-state index in [2.05, 4.69) is 10.6 Å². The fraction of sp³-hybridized carbons (Fsp3) is 0.333. The number of carbonyl (C=O) groups excluding carboxylic acids is 4. The van der Waals surface area contributed by atoms with Crippen molar-refractivity contribution in [3.8, 4) is 0 Å².